The minimum Gasteiger partial charge on any atom is -0.379 e. The number of ether oxygens (including phenoxy) is 1. The smallest absolute Gasteiger partial charge is 0.191 e. The lowest BCUT2D eigenvalue weighted by molar-refractivity contribution is 0.0132. The van der Waals surface area contributed by atoms with E-state index in [2.05, 4.69) is 52.6 Å². The molecule has 2 heterocycles. The van der Waals surface area contributed by atoms with E-state index in [1.807, 2.05) is 17.9 Å². The number of hydrogen-bond acceptors (Lipinski definition) is 4. The second-order valence-corrected chi connectivity index (χ2v) is 7.45. The van der Waals surface area contributed by atoms with Crippen LogP contribution < -0.4 is 10.6 Å². The highest BCUT2D eigenvalue weighted by Crippen LogP contribution is 2.12. The van der Waals surface area contributed by atoms with Gasteiger partial charge in [0.1, 0.15) is 0 Å². The third-order valence-corrected chi connectivity index (χ3v) is 4.65. The molecule has 0 radical (unpaired) electrons. The fourth-order valence-electron chi connectivity index (χ4n) is 3.32. The Morgan fingerprint density at radius 1 is 1.30 bits per heavy atom. The van der Waals surface area contributed by atoms with Crippen molar-refractivity contribution in [3.8, 4) is 0 Å². The number of guanidine groups is 1. The van der Waals surface area contributed by atoms with Crippen LogP contribution in [0.4, 0.5) is 0 Å². The van der Waals surface area contributed by atoms with Crippen molar-refractivity contribution >= 4 is 29.9 Å². The first-order valence-corrected chi connectivity index (χ1v) is 9.84. The Balaban J connectivity index is 0.00000364. The number of rotatable bonds is 9. The Morgan fingerprint density at radius 3 is 2.63 bits per heavy atom. The molecule has 0 spiro atoms. The highest BCUT2D eigenvalue weighted by Gasteiger charge is 2.22. The molecule has 1 unspecified atom stereocenters. The highest BCUT2D eigenvalue weighted by molar-refractivity contribution is 14.0. The van der Waals surface area contributed by atoms with Gasteiger partial charge in [-0.1, -0.05) is 13.8 Å². The van der Waals surface area contributed by atoms with Crippen LogP contribution in [0, 0.1) is 12.8 Å². The summed E-state index contributed by atoms with van der Waals surface area (Å²) in [7, 11) is 1.83. The van der Waals surface area contributed by atoms with Gasteiger partial charge in [-0.2, -0.15) is 5.10 Å². The fraction of sp³-hybridized carbons (Fsp3) is 0.789. The Hall–Kier alpha value is -0.870. The molecule has 8 heteroatoms. The van der Waals surface area contributed by atoms with Crippen LogP contribution in [0.25, 0.3) is 0 Å². The van der Waals surface area contributed by atoms with Crippen LogP contribution >= 0.6 is 24.0 Å². The van der Waals surface area contributed by atoms with Gasteiger partial charge < -0.3 is 15.4 Å². The molecule has 0 saturated carbocycles. The summed E-state index contributed by atoms with van der Waals surface area (Å²) in [5, 5.41) is 11.2. The number of aromatic nitrogens is 2. The van der Waals surface area contributed by atoms with Gasteiger partial charge in [-0.3, -0.25) is 14.6 Å². The van der Waals surface area contributed by atoms with E-state index in [9.17, 15) is 0 Å². The van der Waals surface area contributed by atoms with E-state index in [4.69, 9.17) is 4.74 Å². The van der Waals surface area contributed by atoms with Gasteiger partial charge in [-0.15, -0.1) is 24.0 Å². The van der Waals surface area contributed by atoms with Crippen molar-refractivity contribution in [3.63, 3.8) is 0 Å². The minimum absolute atomic E-state index is 0. The van der Waals surface area contributed by atoms with E-state index in [1.165, 1.54) is 12.0 Å². The summed E-state index contributed by atoms with van der Waals surface area (Å²) < 4.78 is 7.49. The largest absolute Gasteiger partial charge is 0.379 e. The van der Waals surface area contributed by atoms with Crippen molar-refractivity contribution in [2.75, 3.05) is 46.4 Å². The van der Waals surface area contributed by atoms with Gasteiger partial charge in [0.05, 0.1) is 19.4 Å². The Morgan fingerprint density at radius 2 is 2.04 bits per heavy atom. The summed E-state index contributed by atoms with van der Waals surface area (Å²) in [4.78, 5) is 6.91. The predicted molar refractivity (Wildman–Crippen MR) is 122 cm³/mol. The van der Waals surface area contributed by atoms with Crippen molar-refractivity contribution in [3.05, 3.63) is 18.0 Å². The third-order valence-electron chi connectivity index (χ3n) is 4.65. The molecule has 0 aliphatic carbocycles. The zero-order valence-corrected chi connectivity index (χ0v) is 19.6. The maximum absolute atomic E-state index is 5.50. The molecule has 2 N–H and O–H groups in total. The minimum atomic E-state index is 0. The van der Waals surface area contributed by atoms with E-state index >= 15 is 0 Å². The maximum atomic E-state index is 5.50. The summed E-state index contributed by atoms with van der Waals surface area (Å²) in [6.07, 6.45) is 6.17. The quantitative estimate of drug-likeness (QED) is 0.239. The first kappa shape index (κ1) is 24.2. The van der Waals surface area contributed by atoms with Gasteiger partial charge in [-0.25, -0.2) is 0 Å². The molecule has 1 atom stereocenters. The molecule has 27 heavy (non-hydrogen) atoms. The Kier molecular flexibility index (Phi) is 11.9. The molecular formula is C19H37IN6O. The van der Waals surface area contributed by atoms with Crippen molar-refractivity contribution in [1.82, 2.24) is 25.3 Å². The van der Waals surface area contributed by atoms with Crippen LogP contribution in [0.1, 0.15) is 32.3 Å². The van der Waals surface area contributed by atoms with Crippen molar-refractivity contribution < 1.29 is 4.74 Å². The van der Waals surface area contributed by atoms with Crippen molar-refractivity contribution in [2.24, 2.45) is 10.9 Å². The standard InChI is InChI=1S/C19H36N6O.HI/c1-16(2)12-18(24-8-10-26-11-9-24)14-22-19(20-4)21-6-5-7-25-15-17(3)13-23-25;/h13,15-16,18H,5-12,14H2,1-4H3,(H2,20,21,22);1H. The molecule has 1 saturated heterocycles. The van der Waals surface area contributed by atoms with Crippen LogP contribution in [0.2, 0.25) is 0 Å². The lowest BCUT2D eigenvalue weighted by Gasteiger charge is -2.35. The average molecular weight is 492 g/mol. The maximum Gasteiger partial charge on any atom is 0.191 e. The van der Waals surface area contributed by atoms with E-state index in [0.29, 0.717) is 12.0 Å². The monoisotopic (exact) mass is 492 g/mol. The second kappa shape index (κ2) is 13.3. The molecule has 1 aromatic rings. The molecule has 2 rings (SSSR count). The second-order valence-electron chi connectivity index (χ2n) is 7.45. The van der Waals surface area contributed by atoms with Crippen LogP contribution in [-0.4, -0.2) is 73.1 Å². The van der Waals surface area contributed by atoms with Crippen LogP contribution in [0.15, 0.2) is 17.4 Å². The lowest BCUT2D eigenvalue weighted by atomic mass is 10.0. The van der Waals surface area contributed by atoms with Crippen LogP contribution in [0.3, 0.4) is 0 Å². The van der Waals surface area contributed by atoms with Gasteiger partial charge in [0.2, 0.25) is 0 Å². The summed E-state index contributed by atoms with van der Waals surface area (Å²) in [5.74, 6) is 1.56. The lowest BCUT2D eigenvalue weighted by Crippen LogP contribution is -2.51. The first-order valence-electron chi connectivity index (χ1n) is 9.84. The number of morpholine rings is 1. The third kappa shape index (κ3) is 9.25. The normalized spacial score (nSPS) is 16.9. The van der Waals surface area contributed by atoms with Crippen molar-refractivity contribution in [1.29, 1.82) is 0 Å². The summed E-state index contributed by atoms with van der Waals surface area (Å²) in [6, 6.07) is 0.518. The predicted octanol–water partition coefficient (Wildman–Crippen LogP) is 2.11. The summed E-state index contributed by atoms with van der Waals surface area (Å²) >= 11 is 0. The average Bonchev–Trinajstić information content (AvgIpc) is 3.05. The van der Waals surface area contributed by atoms with Crippen LogP contribution in [-0.2, 0) is 11.3 Å². The zero-order chi connectivity index (χ0) is 18.8. The first-order chi connectivity index (χ1) is 12.6. The number of nitrogens with one attached hydrogen (secondary N) is 2. The summed E-state index contributed by atoms with van der Waals surface area (Å²) in [5.41, 5.74) is 1.20. The number of aliphatic imine (C=N–C) groups is 1. The number of aryl methyl sites for hydroxylation is 2. The number of nitrogens with zero attached hydrogens (tertiary/aromatic N) is 4. The van der Waals surface area contributed by atoms with E-state index in [0.717, 1.165) is 58.3 Å². The van der Waals surface area contributed by atoms with Gasteiger partial charge in [0, 0.05) is 52.0 Å². The zero-order valence-electron chi connectivity index (χ0n) is 17.3. The topological polar surface area (TPSA) is 66.7 Å². The van der Waals surface area contributed by atoms with Gasteiger partial charge in [0.15, 0.2) is 5.96 Å². The number of halogens is 1. The van der Waals surface area contributed by atoms with Gasteiger partial charge in [0.25, 0.3) is 0 Å². The van der Waals surface area contributed by atoms with E-state index < -0.39 is 0 Å². The molecule has 0 amide bonds. The van der Waals surface area contributed by atoms with Crippen LogP contribution in [0.5, 0.6) is 0 Å². The molecular weight excluding hydrogens is 455 g/mol. The van der Waals surface area contributed by atoms with E-state index in [1.54, 1.807) is 0 Å². The highest BCUT2D eigenvalue weighted by atomic mass is 127. The molecule has 156 valence electrons. The molecule has 0 aromatic carbocycles. The Bertz CT molecular complexity index is 542. The molecule has 0 bridgehead atoms. The molecule has 7 nitrogen and oxygen atoms in total. The Labute approximate surface area is 181 Å². The molecule has 1 aliphatic rings. The summed E-state index contributed by atoms with van der Waals surface area (Å²) in [6.45, 7) is 13.1. The SMILES string of the molecule is CN=C(NCCCn1cc(C)cn1)NCC(CC(C)C)N1CCOCC1.I. The van der Waals surface area contributed by atoms with E-state index in [-0.39, 0.29) is 24.0 Å². The molecule has 1 fully saturated rings. The van der Waals surface area contributed by atoms with Gasteiger partial charge in [-0.05, 0) is 31.2 Å². The fourth-order valence-corrected chi connectivity index (χ4v) is 3.32. The van der Waals surface area contributed by atoms with Crippen molar-refractivity contribution in [2.45, 2.75) is 46.2 Å². The molecule has 1 aliphatic heterocycles. The number of hydrogen-bond donors (Lipinski definition) is 2. The molecule has 1 aromatic heterocycles. The van der Waals surface area contributed by atoms with Gasteiger partial charge >= 0.3 is 0 Å².